The van der Waals surface area contributed by atoms with Crippen molar-refractivity contribution in [3.05, 3.63) is 182 Å². The van der Waals surface area contributed by atoms with E-state index in [1.807, 2.05) is 30.3 Å². The number of sulfone groups is 1. The van der Waals surface area contributed by atoms with Crippen LogP contribution in [-0.2, 0) is 53.7 Å². The van der Waals surface area contributed by atoms with Gasteiger partial charge in [-0.05, 0) is 78.6 Å². The molecule has 0 spiro atoms. The average Bonchev–Trinajstić information content (AvgIpc) is 4.13. The predicted molar refractivity (Wildman–Crippen MR) is 273 cm³/mol. The highest BCUT2D eigenvalue weighted by Crippen LogP contribution is 2.50. The number of fused-ring (bicyclic) bond motifs is 2. The minimum atomic E-state index is -3.82. The van der Waals surface area contributed by atoms with Crippen LogP contribution in [0, 0.1) is 23.3 Å². The number of hydrogen-bond donors (Lipinski definition) is 3. The van der Waals surface area contributed by atoms with Crippen molar-refractivity contribution in [2.75, 3.05) is 42.7 Å². The molecule has 4 aromatic carbocycles. The SMILES string of the molecule is CCCS(=O)(=O)Cc1ccc(F)c(C(=O)C2=CCc3ncc(-c4ccc(Cl)cc4)cc32)c1F.CCCS(=O)(=O)Nc1ccc(F)c(C2(C3=CCc4ncc(-c5ccc(Cl)cc5)cc43)OCCO2)c1F.OCCO. The highest BCUT2D eigenvalue weighted by atomic mass is 35.5. The molecule has 20 heteroatoms. The minimum absolute atomic E-state index is 0.0989. The van der Waals surface area contributed by atoms with E-state index in [4.69, 9.17) is 42.9 Å². The van der Waals surface area contributed by atoms with E-state index >= 15 is 13.2 Å². The molecule has 2 aliphatic carbocycles. The molecule has 6 aromatic rings. The van der Waals surface area contributed by atoms with Crippen molar-refractivity contribution in [2.24, 2.45) is 0 Å². The molecule has 0 amide bonds. The predicted octanol–water partition coefficient (Wildman–Crippen LogP) is 10.5. The number of anilines is 1. The molecule has 2 aromatic heterocycles. The zero-order valence-electron chi connectivity index (χ0n) is 39.4. The largest absolute Gasteiger partial charge is 0.394 e. The van der Waals surface area contributed by atoms with Crippen LogP contribution < -0.4 is 4.72 Å². The van der Waals surface area contributed by atoms with Crippen LogP contribution in [0.3, 0.4) is 0 Å². The van der Waals surface area contributed by atoms with E-state index in [-0.39, 0.29) is 54.8 Å². The number of sulfonamides is 1. The van der Waals surface area contributed by atoms with Crippen LogP contribution in [0.2, 0.25) is 10.0 Å². The molecule has 0 radical (unpaired) electrons. The molecule has 384 valence electrons. The van der Waals surface area contributed by atoms with E-state index in [2.05, 4.69) is 14.7 Å². The lowest BCUT2D eigenvalue weighted by Crippen LogP contribution is -2.32. The summed E-state index contributed by atoms with van der Waals surface area (Å²) in [7, 11) is -7.39. The van der Waals surface area contributed by atoms with Gasteiger partial charge in [-0.25, -0.2) is 34.4 Å². The second-order valence-electron chi connectivity index (χ2n) is 16.9. The fourth-order valence-corrected chi connectivity index (χ4v) is 11.3. The standard InChI is InChI=1S/C26H23ClF2N2O4S.C25H20ClF2NO3S.C2H6O2/c1-2-13-36(32,33)31-23-10-8-21(28)24(25(23)29)26(34-11-12-35-26)20-7-9-22-19(20)14-17(15-30-22)16-3-5-18(27)6-4-16;1-2-11-33(31,32)14-16-5-9-21(27)23(24(16)28)25(30)19-8-10-22-20(19)12-17(13-29-22)15-3-6-18(26)7-4-15;3-1-2-4/h3-8,10,14-15,31H,2,9,11-13H2,1H3;3-9,12-13H,2,10-11,14H2,1H3;3-4H,1-2H2. The van der Waals surface area contributed by atoms with Crippen LogP contribution in [0.25, 0.3) is 33.4 Å². The van der Waals surface area contributed by atoms with Gasteiger partial charge in [-0.15, -0.1) is 0 Å². The molecule has 3 N–H and O–H groups in total. The Morgan fingerprint density at radius 3 is 1.78 bits per heavy atom. The first-order valence-corrected chi connectivity index (χ1v) is 27.2. The highest BCUT2D eigenvalue weighted by Gasteiger charge is 2.49. The van der Waals surface area contributed by atoms with Crippen LogP contribution in [0.4, 0.5) is 23.2 Å². The summed E-state index contributed by atoms with van der Waals surface area (Å²) < 4.78 is 124. The number of hydrogen-bond acceptors (Lipinski definition) is 11. The quantitative estimate of drug-likeness (QED) is 0.0657. The number of rotatable bonds is 15. The molecule has 3 heterocycles. The Kier molecular flexibility index (Phi) is 17.7. The van der Waals surface area contributed by atoms with Gasteiger partial charge in [0.1, 0.15) is 17.5 Å². The number of ether oxygens (including phenoxy) is 2. The first kappa shape index (κ1) is 54.9. The number of pyridine rings is 2. The van der Waals surface area contributed by atoms with Gasteiger partial charge < -0.3 is 19.7 Å². The number of carbonyl (C=O) groups excluding carboxylic acids is 1. The Morgan fingerprint density at radius 1 is 0.685 bits per heavy atom. The fourth-order valence-electron chi connectivity index (χ4n) is 8.46. The summed E-state index contributed by atoms with van der Waals surface area (Å²) in [4.78, 5) is 22.2. The Hall–Kier alpha value is -5.83. The number of ketones is 1. The molecule has 1 saturated heterocycles. The van der Waals surface area contributed by atoms with Gasteiger partial charge in [0.15, 0.2) is 21.4 Å². The van der Waals surface area contributed by atoms with Crippen molar-refractivity contribution < 1.29 is 58.9 Å². The van der Waals surface area contributed by atoms with Crippen molar-refractivity contribution in [2.45, 2.75) is 51.1 Å². The average molecular weight is 1080 g/mol. The van der Waals surface area contributed by atoms with E-state index in [1.165, 1.54) is 0 Å². The zero-order valence-corrected chi connectivity index (χ0v) is 42.5. The van der Waals surface area contributed by atoms with Crippen LogP contribution in [-0.4, -0.2) is 80.7 Å². The summed E-state index contributed by atoms with van der Waals surface area (Å²) in [5.41, 5.74) is 4.38. The third kappa shape index (κ3) is 12.4. The Labute approximate surface area is 430 Å². The topological polar surface area (TPSA) is 182 Å². The van der Waals surface area contributed by atoms with Gasteiger partial charge in [0.2, 0.25) is 15.8 Å². The lowest BCUT2D eigenvalue weighted by atomic mass is 9.91. The van der Waals surface area contributed by atoms with E-state index < -0.39 is 71.6 Å². The third-order valence-electron chi connectivity index (χ3n) is 11.7. The summed E-state index contributed by atoms with van der Waals surface area (Å²) in [6.45, 7) is 3.34. The van der Waals surface area contributed by atoms with Gasteiger partial charge >= 0.3 is 0 Å². The number of Topliss-reactive ketones (excluding diaryl/α,β-unsaturated/α-hetero) is 1. The maximum Gasteiger partial charge on any atom is 0.232 e. The number of aliphatic hydroxyl groups excluding tert-OH is 2. The Balaban J connectivity index is 0.000000200. The third-order valence-corrected chi connectivity index (χ3v) is 15.5. The smallest absolute Gasteiger partial charge is 0.232 e. The van der Waals surface area contributed by atoms with Gasteiger partial charge in [0, 0.05) is 74.2 Å². The lowest BCUT2D eigenvalue weighted by molar-refractivity contribution is -0.117. The lowest BCUT2D eigenvalue weighted by Gasteiger charge is -2.31. The zero-order chi connectivity index (χ0) is 52.7. The van der Waals surface area contributed by atoms with Crippen LogP contribution >= 0.6 is 23.2 Å². The van der Waals surface area contributed by atoms with Gasteiger partial charge in [-0.2, -0.15) is 0 Å². The number of halogens is 6. The minimum Gasteiger partial charge on any atom is -0.394 e. The highest BCUT2D eigenvalue weighted by molar-refractivity contribution is 7.92. The molecular weight excluding hydrogens is 1030 g/mol. The first-order chi connectivity index (χ1) is 34.8. The molecule has 3 aliphatic rings. The Bertz CT molecular complexity index is 3320. The summed E-state index contributed by atoms with van der Waals surface area (Å²) in [6.07, 6.45) is 8.26. The number of carbonyl (C=O) groups is 1. The molecule has 0 bridgehead atoms. The van der Waals surface area contributed by atoms with E-state index in [0.29, 0.717) is 63.8 Å². The van der Waals surface area contributed by atoms with E-state index in [9.17, 15) is 26.0 Å². The van der Waals surface area contributed by atoms with Crippen LogP contribution in [0.1, 0.15) is 70.7 Å². The number of nitrogens with zero attached hydrogens (tertiary/aromatic N) is 2. The van der Waals surface area contributed by atoms with Gasteiger partial charge in [0.25, 0.3) is 0 Å². The number of benzene rings is 4. The number of nitrogens with one attached hydrogen (secondary N) is 1. The second-order valence-corrected chi connectivity index (χ2v) is 21.8. The van der Waals surface area contributed by atoms with E-state index in [0.717, 1.165) is 46.5 Å². The number of aromatic nitrogens is 2. The van der Waals surface area contributed by atoms with Crippen LogP contribution in [0.15, 0.2) is 109 Å². The van der Waals surface area contributed by atoms with Crippen molar-refractivity contribution in [1.29, 1.82) is 0 Å². The summed E-state index contributed by atoms with van der Waals surface area (Å²) in [6, 6.07) is 22.0. The Morgan fingerprint density at radius 2 is 1.22 bits per heavy atom. The molecular formula is C53H49Cl2F4N3O9S2. The van der Waals surface area contributed by atoms with Crippen molar-refractivity contribution in [1.82, 2.24) is 9.97 Å². The molecule has 12 nitrogen and oxygen atoms in total. The number of aliphatic hydroxyl groups is 2. The molecule has 0 unspecified atom stereocenters. The summed E-state index contributed by atoms with van der Waals surface area (Å²) in [5.74, 6) is -7.83. The fraction of sp³-hybridized carbons (Fsp3) is 0.264. The van der Waals surface area contributed by atoms with Gasteiger partial charge in [0.05, 0.1) is 71.9 Å². The molecule has 9 rings (SSSR count). The maximum atomic E-state index is 15.8. The molecule has 1 fully saturated rings. The molecule has 0 saturated carbocycles. The van der Waals surface area contributed by atoms with Gasteiger partial charge in [-0.3, -0.25) is 19.5 Å². The second kappa shape index (κ2) is 23.6. The molecule has 0 atom stereocenters. The van der Waals surface area contributed by atoms with Crippen LogP contribution in [0.5, 0.6) is 0 Å². The normalized spacial score (nSPS) is 14.5. The van der Waals surface area contributed by atoms with Gasteiger partial charge in [-0.1, -0.05) is 79.5 Å². The summed E-state index contributed by atoms with van der Waals surface area (Å²) >= 11 is 12.0. The first-order valence-electron chi connectivity index (χ1n) is 23.0. The number of allylic oxidation sites excluding steroid dienone is 3. The summed E-state index contributed by atoms with van der Waals surface area (Å²) in [5, 5.41) is 16.4. The monoisotopic (exact) mass is 1080 g/mol. The molecule has 1 aliphatic heterocycles. The van der Waals surface area contributed by atoms with Crippen molar-refractivity contribution in [3.8, 4) is 22.3 Å². The van der Waals surface area contributed by atoms with E-state index in [1.54, 1.807) is 68.7 Å². The molecule has 73 heavy (non-hydrogen) atoms. The van der Waals surface area contributed by atoms with Crippen molar-refractivity contribution in [3.63, 3.8) is 0 Å². The van der Waals surface area contributed by atoms with Crippen molar-refractivity contribution >= 4 is 65.7 Å². The maximum absolute atomic E-state index is 15.8.